The molecule has 0 aliphatic heterocycles. The number of nitrogens with one attached hydrogen (secondary N) is 1. The van der Waals surface area contributed by atoms with Crippen molar-refractivity contribution >= 4 is 51.3 Å². The zero-order valence-electron chi connectivity index (χ0n) is 17.2. The number of ether oxygens (including phenoxy) is 1. The molecule has 7 nitrogen and oxygen atoms in total. The Balaban J connectivity index is 1.48. The van der Waals surface area contributed by atoms with Crippen LogP contribution in [0, 0.1) is 0 Å². The van der Waals surface area contributed by atoms with Gasteiger partial charge in [-0.1, -0.05) is 48.2 Å². The first-order chi connectivity index (χ1) is 15.7. The molecule has 164 valence electrons. The number of nitrogens with zero attached hydrogens (tertiary/aromatic N) is 3. The van der Waals surface area contributed by atoms with E-state index in [2.05, 4.69) is 15.5 Å². The maximum absolute atomic E-state index is 12.6. The smallest absolute Gasteiger partial charge is 0.341 e. The van der Waals surface area contributed by atoms with Gasteiger partial charge in [-0.3, -0.25) is 9.36 Å². The summed E-state index contributed by atoms with van der Waals surface area (Å²) >= 11 is 4.19. The van der Waals surface area contributed by atoms with Gasteiger partial charge < -0.3 is 10.1 Å². The van der Waals surface area contributed by atoms with Crippen molar-refractivity contribution in [1.29, 1.82) is 0 Å². The predicted molar refractivity (Wildman–Crippen MR) is 129 cm³/mol. The molecule has 0 unspecified atom stereocenters. The number of aromatic nitrogens is 3. The highest BCUT2D eigenvalue weighted by molar-refractivity contribution is 7.99. The van der Waals surface area contributed by atoms with E-state index in [-0.39, 0.29) is 18.3 Å². The molecular formula is C22H20N4O3S3. The van der Waals surface area contributed by atoms with Crippen LogP contribution in [0.25, 0.3) is 10.7 Å². The summed E-state index contributed by atoms with van der Waals surface area (Å²) < 4.78 is 7.06. The second-order valence-electron chi connectivity index (χ2n) is 6.58. The molecule has 32 heavy (non-hydrogen) atoms. The van der Waals surface area contributed by atoms with Crippen LogP contribution in [0.4, 0.5) is 5.00 Å². The fourth-order valence-corrected chi connectivity index (χ4v) is 5.21. The van der Waals surface area contributed by atoms with Gasteiger partial charge in [0.05, 0.1) is 29.3 Å². The number of carbonyl (C=O) groups is 2. The number of anilines is 1. The van der Waals surface area contributed by atoms with Crippen molar-refractivity contribution in [2.75, 3.05) is 17.7 Å². The third-order valence-electron chi connectivity index (χ3n) is 4.39. The minimum atomic E-state index is -0.445. The summed E-state index contributed by atoms with van der Waals surface area (Å²) in [6, 6.07) is 15.7. The van der Waals surface area contributed by atoms with Gasteiger partial charge in [0.15, 0.2) is 11.0 Å². The van der Waals surface area contributed by atoms with Crippen molar-refractivity contribution < 1.29 is 14.3 Å². The highest BCUT2D eigenvalue weighted by Gasteiger charge is 2.19. The summed E-state index contributed by atoms with van der Waals surface area (Å²) in [5.74, 6) is 0.238. The van der Waals surface area contributed by atoms with Crippen LogP contribution in [0.1, 0.15) is 22.8 Å². The Morgan fingerprint density at radius 3 is 2.66 bits per heavy atom. The number of thioether (sulfide) groups is 1. The molecule has 3 aromatic heterocycles. The van der Waals surface area contributed by atoms with Gasteiger partial charge in [-0.25, -0.2) is 4.79 Å². The third kappa shape index (κ3) is 5.26. The summed E-state index contributed by atoms with van der Waals surface area (Å²) in [5, 5.41) is 16.4. The Hall–Kier alpha value is -2.95. The first kappa shape index (κ1) is 22.3. The summed E-state index contributed by atoms with van der Waals surface area (Å²) in [7, 11) is 0. The quantitative estimate of drug-likeness (QED) is 0.265. The van der Waals surface area contributed by atoms with Gasteiger partial charge in [0.25, 0.3) is 0 Å². The molecule has 1 N–H and O–H groups in total. The molecule has 0 aliphatic rings. The monoisotopic (exact) mass is 484 g/mol. The van der Waals surface area contributed by atoms with Crippen LogP contribution in [-0.4, -0.2) is 39.0 Å². The number of thiophene rings is 2. The Morgan fingerprint density at radius 1 is 1.06 bits per heavy atom. The molecule has 1 aromatic carbocycles. The fourth-order valence-electron chi connectivity index (χ4n) is 2.96. The lowest BCUT2D eigenvalue weighted by atomic mass is 10.2. The van der Waals surface area contributed by atoms with Gasteiger partial charge in [-0.15, -0.1) is 32.9 Å². The van der Waals surface area contributed by atoms with Crippen molar-refractivity contribution in [3.63, 3.8) is 0 Å². The normalized spacial score (nSPS) is 10.8. The zero-order valence-corrected chi connectivity index (χ0v) is 19.6. The minimum absolute atomic E-state index is 0.136. The van der Waals surface area contributed by atoms with E-state index in [1.54, 1.807) is 29.7 Å². The molecular weight excluding hydrogens is 464 g/mol. The molecule has 4 rings (SSSR count). The predicted octanol–water partition coefficient (Wildman–Crippen LogP) is 5.02. The molecule has 4 aromatic rings. The van der Waals surface area contributed by atoms with Crippen LogP contribution in [-0.2, 0) is 16.1 Å². The van der Waals surface area contributed by atoms with E-state index >= 15 is 0 Å². The number of hydrogen-bond donors (Lipinski definition) is 1. The maximum atomic E-state index is 12.6. The zero-order chi connectivity index (χ0) is 22.3. The largest absolute Gasteiger partial charge is 0.462 e. The molecule has 0 radical (unpaired) electrons. The second-order valence-corrected chi connectivity index (χ2v) is 9.38. The average molecular weight is 485 g/mol. The first-order valence-corrected chi connectivity index (χ1v) is 12.6. The van der Waals surface area contributed by atoms with Gasteiger partial charge in [0, 0.05) is 0 Å². The SMILES string of the molecule is CCOC(=O)c1ccsc1NC(=O)CSc1nnc(-c2cccs2)n1Cc1ccccc1. The summed E-state index contributed by atoms with van der Waals surface area (Å²) in [4.78, 5) is 25.6. The topological polar surface area (TPSA) is 86.1 Å². The molecule has 0 saturated carbocycles. The Morgan fingerprint density at radius 2 is 1.91 bits per heavy atom. The number of esters is 1. The van der Waals surface area contributed by atoms with Crippen LogP contribution < -0.4 is 5.32 Å². The van der Waals surface area contributed by atoms with Crippen LogP contribution >= 0.6 is 34.4 Å². The highest BCUT2D eigenvalue weighted by Crippen LogP contribution is 2.29. The van der Waals surface area contributed by atoms with E-state index in [0.717, 1.165) is 16.3 Å². The van der Waals surface area contributed by atoms with E-state index in [0.29, 0.717) is 22.3 Å². The summed E-state index contributed by atoms with van der Waals surface area (Å²) in [5.41, 5.74) is 1.48. The average Bonchev–Trinajstić information content (AvgIpc) is 3.55. The first-order valence-electron chi connectivity index (χ1n) is 9.84. The van der Waals surface area contributed by atoms with Crippen LogP contribution in [0.5, 0.6) is 0 Å². The van der Waals surface area contributed by atoms with Gasteiger partial charge in [0.2, 0.25) is 5.91 Å². The van der Waals surface area contributed by atoms with Crippen molar-refractivity contribution in [2.24, 2.45) is 0 Å². The van der Waals surface area contributed by atoms with E-state index in [4.69, 9.17) is 4.74 Å². The molecule has 0 aliphatic carbocycles. The van der Waals surface area contributed by atoms with Crippen molar-refractivity contribution in [3.05, 3.63) is 70.4 Å². The van der Waals surface area contributed by atoms with E-state index in [9.17, 15) is 9.59 Å². The van der Waals surface area contributed by atoms with E-state index < -0.39 is 5.97 Å². The van der Waals surface area contributed by atoms with Crippen LogP contribution in [0.2, 0.25) is 0 Å². The lowest BCUT2D eigenvalue weighted by Crippen LogP contribution is -2.16. The van der Waals surface area contributed by atoms with Crippen molar-refractivity contribution in [3.8, 4) is 10.7 Å². The van der Waals surface area contributed by atoms with Gasteiger partial charge in [-0.05, 0) is 35.4 Å². The number of benzene rings is 1. The Labute approximate surface area is 197 Å². The molecule has 0 bridgehead atoms. The van der Waals surface area contributed by atoms with Crippen molar-refractivity contribution in [2.45, 2.75) is 18.6 Å². The summed E-state index contributed by atoms with van der Waals surface area (Å²) in [6.07, 6.45) is 0. The molecule has 1 amide bonds. The number of rotatable bonds is 9. The lowest BCUT2D eigenvalue weighted by molar-refractivity contribution is -0.113. The van der Waals surface area contributed by atoms with Crippen molar-refractivity contribution in [1.82, 2.24) is 14.8 Å². The highest BCUT2D eigenvalue weighted by atomic mass is 32.2. The van der Waals surface area contributed by atoms with Gasteiger partial charge in [0.1, 0.15) is 5.00 Å². The molecule has 0 fully saturated rings. The minimum Gasteiger partial charge on any atom is -0.462 e. The fraction of sp³-hybridized carbons (Fsp3) is 0.182. The Bertz CT molecular complexity index is 1190. The number of amides is 1. The third-order valence-corrected chi connectivity index (χ3v) is 7.05. The van der Waals surface area contributed by atoms with Gasteiger partial charge in [-0.2, -0.15) is 0 Å². The maximum Gasteiger partial charge on any atom is 0.341 e. The Kier molecular flexibility index (Phi) is 7.35. The number of hydrogen-bond acceptors (Lipinski definition) is 8. The second kappa shape index (κ2) is 10.6. The van der Waals surface area contributed by atoms with Crippen LogP contribution in [0.15, 0.2) is 64.4 Å². The number of carbonyl (C=O) groups excluding carboxylic acids is 2. The summed E-state index contributed by atoms with van der Waals surface area (Å²) in [6.45, 7) is 2.62. The standard InChI is InChI=1S/C22H20N4O3S3/c1-2-29-21(28)16-10-12-31-20(16)23-18(27)14-32-22-25-24-19(17-9-6-11-30-17)26(22)13-15-7-4-3-5-8-15/h3-12H,2,13-14H2,1H3,(H,23,27). The molecule has 0 saturated heterocycles. The van der Waals surface area contributed by atoms with E-state index in [1.165, 1.54) is 23.1 Å². The molecule has 0 spiro atoms. The molecule has 0 atom stereocenters. The van der Waals surface area contributed by atoms with E-state index in [1.807, 2.05) is 52.4 Å². The molecule has 10 heteroatoms. The van der Waals surface area contributed by atoms with Crippen LogP contribution in [0.3, 0.4) is 0 Å². The van der Waals surface area contributed by atoms with Gasteiger partial charge >= 0.3 is 5.97 Å². The molecule has 3 heterocycles. The lowest BCUT2D eigenvalue weighted by Gasteiger charge is -2.10.